The summed E-state index contributed by atoms with van der Waals surface area (Å²) in [5.41, 5.74) is 6.43. The molecular weight excluding hydrogens is 238 g/mol. The second kappa shape index (κ2) is 4.80. The SMILES string of the molecule is Cc1nc(C)c(C(C)Nc2nnc(CN)o2)s1. The highest BCUT2D eigenvalue weighted by Gasteiger charge is 2.15. The summed E-state index contributed by atoms with van der Waals surface area (Å²) < 4.78 is 5.30. The molecule has 0 aliphatic rings. The normalized spacial score (nSPS) is 12.7. The van der Waals surface area contributed by atoms with Crippen LogP contribution in [0.25, 0.3) is 0 Å². The van der Waals surface area contributed by atoms with E-state index in [-0.39, 0.29) is 12.6 Å². The summed E-state index contributed by atoms with van der Waals surface area (Å²) in [4.78, 5) is 5.56. The van der Waals surface area contributed by atoms with E-state index in [1.807, 2.05) is 20.8 Å². The number of aryl methyl sites for hydroxylation is 2. The lowest BCUT2D eigenvalue weighted by Crippen LogP contribution is -2.06. The molecule has 3 N–H and O–H groups in total. The van der Waals surface area contributed by atoms with Crippen LogP contribution < -0.4 is 11.1 Å². The van der Waals surface area contributed by atoms with E-state index in [0.717, 1.165) is 10.7 Å². The van der Waals surface area contributed by atoms with Crippen molar-refractivity contribution in [2.24, 2.45) is 5.73 Å². The fourth-order valence-corrected chi connectivity index (χ4v) is 2.52. The summed E-state index contributed by atoms with van der Waals surface area (Å²) in [7, 11) is 0. The van der Waals surface area contributed by atoms with Crippen molar-refractivity contribution >= 4 is 17.4 Å². The van der Waals surface area contributed by atoms with Gasteiger partial charge in [0.15, 0.2) is 0 Å². The Labute approximate surface area is 103 Å². The molecule has 0 radical (unpaired) electrons. The Kier molecular flexibility index (Phi) is 3.39. The van der Waals surface area contributed by atoms with E-state index < -0.39 is 0 Å². The lowest BCUT2D eigenvalue weighted by Gasteiger charge is -2.09. The van der Waals surface area contributed by atoms with E-state index in [1.165, 1.54) is 4.88 Å². The van der Waals surface area contributed by atoms with E-state index >= 15 is 0 Å². The van der Waals surface area contributed by atoms with Gasteiger partial charge in [0.1, 0.15) is 0 Å². The van der Waals surface area contributed by atoms with Gasteiger partial charge in [-0.25, -0.2) is 4.98 Å². The third-order valence-electron chi connectivity index (χ3n) is 2.31. The van der Waals surface area contributed by atoms with Crippen LogP contribution in [0.4, 0.5) is 6.01 Å². The van der Waals surface area contributed by atoms with Gasteiger partial charge in [0.2, 0.25) is 5.89 Å². The second-order valence-electron chi connectivity index (χ2n) is 3.75. The number of nitrogens with one attached hydrogen (secondary N) is 1. The molecule has 2 aromatic rings. The Morgan fingerprint density at radius 2 is 2.18 bits per heavy atom. The molecule has 0 fully saturated rings. The van der Waals surface area contributed by atoms with Crippen LogP contribution >= 0.6 is 11.3 Å². The Morgan fingerprint density at radius 1 is 1.41 bits per heavy atom. The van der Waals surface area contributed by atoms with E-state index in [0.29, 0.717) is 11.9 Å². The Balaban J connectivity index is 2.11. The highest BCUT2D eigenvalue weighted by atomic mass is 32.1. The van der Waals surface area contributed by atoms with E-state index in [1.54, 1.807) is 11.3 Å². The molecule has 1 unspecified atom stereocenters. The molecule has 17 heavy (non-hydrogen) atoms. The average molecular weight is 253 g/mol. The molecule has 0 bridgehead atoms. The van der Waals surface area contributed by atoms with Gasteiger partial charge in [0, 0.05) is 4.88 Å². The van der Waals surface area contributed by atoms with E-state index in [9.17, 15) is 0 Å². The zero-order valence-corrected chi connectivity index (χ0v) is 10.8. The minimum atomic E-state index is 0.0901. The molecule has 7 heteroatoms. The van der Waals surface area contributed by atoms with Gasteiger partial charge >= 0.3 is 6.01 Å². The van der Waals surface area contributed by atoms with E-state index in [2.05, 4.69) is 20.5 Å². The van der Waals surface area contributed by atoms with Crippen molar-refractivity contribution in [3.8, 4) is 0 Å². The van der Waals surface area contributed by atoms with Crippen LogP contribution in [0.3, 0.4) is 0 Å². The number of hydrogen-bond acceptors (Lipinski definition) is 7. The predicted molar refractivity (Wildman–Crippen MR) is 65.8 cm³/mol. The van der Waals surface area contributed by atoms with Gasteiger partial charge in [-0.1, -0.05) is 5.10 Å². The summed E-state index contributed by atoms with van der Waals surface area (Å²) in [5, 5.41) is 11.9. The van der Waals surface area contributed by atoms with Crippen LogP contribution in [0.5, 0.6) is 0 Å². The van der Waals surface area contributed by atoms with Gasteiger partial charge in [-0.3, -0.25) is 0 Å². The van der Waals surface area contributed by atoms with Crippen molar-refractivity contribution in [2.45, 2.75) is 33.4 Å². The van der Waals surface area contributed by atoms with Gasteiger partial charge < -0.3 is 15.5 Å². The number of nitrogens with zero attached hydrogens (tertiary/aromatic N) is 3. The molecule has 6 nitrogen and oxygen atoms in total. The van der Waals surface area contributed by atoms with Crippen LogP contribution in [-0.4, -0.2) is 15.2 Å². The first-order chi connectivity index (χ1) is 8.10. The lowest BCUT2D eigenvalue weighted by molar-refractivity contribution is 0.503. The van der Waals surface area contributed by atoms with Crippen molar-refractivity contribution in [2.75, 3.05) is 5.32 Å². The summed E-state index contributed by atoms with van der Waals surface area (Å²) in [6.07, 6.45) is 0. The second-order valence-corrected chi connectivity index (χ2v) is 4.99. The first-order valence-corrected chi connectivity index (χ1v) is 6.14. The highest BCUT2D eigenvalue weighted by molar-refractivity contribution is 7.11. The third kappa shape index (κ3) is 2.62. The Morgan fingerprint density at radius 3 is 2.71 bits per heavy atom. The van der Waals surface area contributed by atoms with Crippen LogP contribution in [0.1, 0.15) is 34.4 Å². The minimum Gasteiger partial charge on any atom is -0.407 e. The average Bonchev–Trinajstić information content (AvgIpc) is 2.85. The smallest absolute Gasteiger partial charge is 0.316 e. The molecule has 0 aliphatic heterocycles. The van der Waals surface area contributed by atoms with Crippen molar-refractivity contribution < 1.29 is 4.42 Å². The standard InChI is InChI=1S/C10H15N5OS/c1-5-9(17-7(3)12-5)6(2)13-10-15-14-8(4-11)16-10/h6H,4,11H2,1-3H3,(H,13,15). The summed E-state index contributed by atoms with van der Waals surface area (Å²) in [5.74, 6) is 0.428. The maximum absolute atomic E-state index is 5.40. The fraction of sp³-hybridized carbons (Fsp3) is 0.500. The number of anilines is 1. The number of thiazole rings is 1. The lowest BCUT2D eigenvalue weighted by atomic mass is 10.2. The van der Waals surface area contributed by atoms with Gasteiger partial charge in [-0.2, -0.15) is 0 Å². The summed E-state index contributed by atoms with van der Waals surface area (Å²) >= 11 is 1.67. The molecule has 2 aromatic heterocycles. The first kappa shape index (κ1) is 12.0. The molecule has 2 heterocycles. The van der Waals surface area contributed by atoms with Crippen LogP contribution in [0, 0.1) is 13.8 Å². The number of nitrogens with two attached hydrogens (primary N) is 1. The van der Waals surface area contributed by atoms with Crippen LogP contribution in [-0.2, 0) is 6.54 Å². The first-order valence-electron chi connectivity index (χ1n) is 5.33. The molecule has 1 atom stereocenters. The summed E-state index contributed by atoms with van der Waals surface area (Å²) in [6, 6.07) is 0.482. The molecule has 0 saturated heterocycles. The van der Waals surface area contributed by atoms with Gasteiger partial charge in [-0.15, -0.1) is 16.4 Å². The highest BCUT2D eigenvalue weighted by Crippen LogP contribution is 2.26. The maximum Gasteiger partial charge on any atom is 0.316 e. The number of aromatic nitrogens is 3. The Hall–Kier alpha value is -1.47. The fourth-order valence-electron chi connectivity index (χ4n) is 1.59. The van der Waals surface area contributed by atoms with E-state index in [4.69, 9.17) is 10.2 Å². The molecule has 0 aliphatic carbocycles. The predicted octanol–water partition coefficient (Wildman–Crippen LogP) is 1.77. The monoisotopic (exact) mass is 253 g/mol. The molecule has 0 amide bonds. The van der Waals surface area contributed by atoms with Crippen LogP contribution in [0.2, 0.25) is 0 Å². The number of rotatable bonds is 4. The Bertz CT molecular complexity index is 507. The molecule has 2 rings (SSSR count). The zero-order valence-electron chi connectivity index (χ0n) is 10.0. The van der Waals surface area contributed by atoms with Crippen LogP contribution in [0.15, 0.2) is 4.42 Å². The molecule has 0 spiro atoms. The minimum absolute atomic E-state index is 0.0901. The maximum atomic E-state index is 5.40. The molecule has 0 saturated carbocycles. The largest absolute Gasteiger partial charge is 0.407 e. The van der Waals surface area contributed by atoms with Crippen molar-refractivity contribution in [3.05, 3.63) is 21.5 Å². The van der Waals surface area contributed by atoms with Crippen molar-refractivity contribution in [3.63, 3.8) is 0 Å². The quantitative estimate of drug-likeness (QED) is 0.863. The van der Waals surface area contributed by atoms with Gasteiger partial charge in [0.25, 0.3) is 0 Å². The number of hydrogen-bond donors (Lipinski definition) is 2. The van der Waals surface area contributed by atoms with Gasteiger partial charge in [-0.05, 0) is 20.8 Å². The van der Waals surface area contributed by atoms with Crippen molar-refractivity contribution in [1.29, 1.82) is 0 Å². The van der Waals surface area contributed by atoms with Crippen molar-refractivity contribution in [1.82, 2.24) is 15.2 Å². The molecule has 0 aromatic carbocycles. The zero-order chi connectivity index (χ0) is 12.4. The summed E-state index contributed by atoms with van der Waals surface area (Å²) in [6.45, 7) is 6.28. The third-order valence-corrected chi connectivity index (χ3v) is 3.57. The topological polar surface area (TPSA) is 89.9 Å². The molecule has 92 valence electrons. The molecular formula is C10H15N5OS. The van der Waals surface area contributed by atoms with Gasteiger partial charge in [0.05, 0.1) is 23.3 Å².